The Balaban J connectivity index is 2.02. The molecule has 1 heterocycles. The zero-order valence-corrected chi connectivity index (χ0v) is 12.7. The van der Waals surface area contributed by atoms with Gasteiger partial charge in [-0.15, -0.1) is 0 Å². The SMILES string of the molecule is C[C@H](Oc1ccc2cc(-c3ccc(F)cc3)c(=O)oc2c1)C(=O)O. The summed E-state index contributed by atoms with van der Waals surface area (Å²) in [6.45, 7) is 1.40. The van der Waals surface area contributed by atoms with Crippen molar-refractivity contribution in [1.29, 1.82) is 0 Å². The minimum absolute atomic E-state index is 0.279. The van der Waals surface area contributed by atoms with Gasteiger partial charge in [0, 0.05) is 11.5 Å². The summed E-state index contributed by atoms with van der Waals surface area (Å²) in [5.41, 5.74) is 0.570. The van der Waals surface area contributed by atoms with E-state index in [2.05, 4.69) is 0 Å². The lowest BCUT2D eigenvalue weighted by Crippen LogP contribution is -2.22. The number of hydrogen-bond donors (Lipinski definition) is 1. The van der Waals surface area contributed by atoms with Crippen molar-refractivity contribution in [2.45, 2.75) is 13.0 Å². The smallest absolute Gasteiger partial charge is 0.344 e. The number of carbonyl (C=O) groups is 1. The number of fused-ring (bicyclic) bond motifs is 1. The molecule has 0 radical (unpaired) electrons. The number of hydrogen-bond acceptors (Lipinski definition) is 4. The maximum absolute atomic E-state index is 13.0. The average Bonchev–Trinajstić information content (AvgIpc) is 2.55. The van der Waals surface area contributed by atoms with E-state index in [0.717, 1.165) is 0 Å². The van der Waals surface area contributed by atoms with Crippen molar-refractivity contribution in [1.82, 2.24) is 0 Å². The molecule has 0 aliphatic rings. The normalized spacial score (nSPS) is 12.1. The quantitative estimate of drug-likeness (QED) is 0.742. The topological polar surface area (TPSA) is 76.7 Å². The van der Waals surface area contributed by atoms with Gasteiger partial charge in [0.05, 0.1) is 5.56 Å². The molecule has 3 rings (SSSR count). The van der Waals surface area contributed by atoms with Crippen LogP contribution in [-0.2, 0) is 4.79 Å². The van der Waals surface area contributed by atoms with Crippen LogP contribution >= 0.6 is 0 Å². The van der Waals surface area contributed by atoms with Crippen molar-refractivity contribution < 1.29 is 23.4 Å². The second-order valence-electron chi connectivity index (χ2n) is 5.25. The van der Waals surface area contributed by atoms with Crippen molar-refractivity contribution in [3.8, 4) is 16.9 Å². The fourth-order valence-electron chi connectivity index (χ4n) is 2.25. The molecule has 0 saturated heterocycles. The maximum atomic E-state index is 13.0. The number of rotatable bonds is 4. The predicted molar refractivity (Wildman–Crippen MR) is 85.6 cm³/mol. The number of carboxylic acid groups (broad SMARTS) is 1. The van der Waals surface area contributed by atoms with Gasteiger partial charge in [-0.3, -0.25) is 0 Å². The van der Waals surface area contributed by atoms with Gasteiger partial charge in [0.2, 0.25) is 0 Å². The second-order valence-corrected chi connectivity index (χ2v) is 5.25. The van der Waals surface area contributed by atoms with E-state index >= 15 is 0 Å². The van der Waals surface area contributed by atoms with Crippen LogP contribution in [0.2, 0.25) is 0 Å². The molecular weight excluding hydrogens is 315 g/mol. The Morgan fingerprint density at radius 2 is 1.88 bits per heavy atom. The van der Waals surface area contributed by atoms with Gasteiger partial charge in [-0.2, -0.15) is 0 Å². The highest BCUT2D eigenvalue weighted by Gasteiger charge is 2.14. The molecule has 122 valence electrons. The van der Waals surface area contributed by atoms with Crippen molar-refractivity contribution in [2.24, 2.45) is 0 Å². The molecule has 0 amide bonds. The molecule has 0 unspecified atom stereocenters. The molecule has 0 bridgehead atoms. The largest absolute Gasteiger partial charge is 0.479 e. The van der Waals surface area contributed by atoms with Gasteiger partial charge < -0.3 is 14.3 Å². The van der Waals surface area contributed by atoms with Crippen LogP contribution < -0.4 is 10.4 Å². The first-order chi connectivity index (χ1) is 11.4. The molecule has 3 aromatic rings. The van der Waals surface area contributed by atoms with Gasteiger partial charge in [0.15, 0.2) is 6.10 Å². The van der Waals surface area contributed by atoms with Crippen LogP contribution in [0.15, 0.2) is 57.7 Å². The van der Waals surface area contributed by atoms with E-state index in [4.69, 9.17) is 14.3 Å². The van der Waals surface area contributed by atoms with E-state index in [1.807, 2.05) is 0 Å². The van der Waals surface area contributed by atoms with Crippen LogP contribution in [-0.4, -0.2) is 17.2 Å². The summed E-state index contributed by atoms with van der Waals surface area (Å²) in [6.07, 6.45) is -1.02. The van der Waals surface area contributed by atoms with Gasteiger partial charge >= 0.3 is 11.6 Å². The lowest BCUT2D eigenvalue weighted by molar-refractivity contribution is -0.144. The molecule has 1 N–H and O–H groups in total. The fraction of sp³-hybridized carbons (Fsp3) is 0.111. The monoisotopic (exact) mass is 328 g/mol. The van der Waals surface area contributed by atoms with Gasteiger partial charge in [0.1, 0.15) is 17.1 Å². The third kappa shape index (κ3) is 3.12. The molecular formula is C18H13FO5. The van der Waals surface area contributed by atoms with Gasteiger partial charge in [0.25, 0.3) is 0 Å². The van der Waals surface area contributed by atoms with Crippen LogP contribution in [0.3, 0.4) is 0 Å². The molecule has 0 saturated carbocycles. The number of ether oxygens (including phenoxy) is 1. The number of carboxylic acids is 1. The maximum Gasteiger partial charge on any atom is 0.344 e. The third-order valence-corrected chi connectivity index (χ3v) is 3.52. The highest BCUT2D eigenvalue weighted by molar-refractivity contribution is 5.83. The van der Waals surface area contributed by atoms with Gasteiger partial charge in [-0.1, -0.05) is 12.1 Å². The Bertz CT molecular complexity index is 959. The minimum Gasteiger partial charge on any atom is -0.479 e. The Morgan fingerprint density at radius 1 is 1.17 bits per heavy atom. The Labute approximate surface area is 135 Å². The first-order valence-electron chi connectivity index (χ1n) is 7.17. The second kappa shape index (κ2) is 6.16. The summed E-state index contributed by atoms with van der Waals surface area (Å²) in [6, 6.07) is 11.9. The summed E-state index contributed by atoms with van der Waals surface area (Å²) in [7, 11) is 0. The van der Waals surface area contributed by atoms with Crippen LogP contribution in [0.5, 0.6) is 5.75 Å². The first kappa shape index (κ1) is 15.7. The highest BCUT2D eigenvalue weighted by atomic mass is 19.1. The minimum atomic E-state index is -1.09. The van der Waals surface area contributed by atoms with Crippen LogP contribution in [0.1, 0.15) is 6.92 Å². The summed E-state index contributed by atoms with van der Waals surface area (Å²) in [4.78, 5) is 23.0. The molecule has 1 aromatic heterocycles. The van der Waals surface area contributed by atoms with E-state index < -0.39 is 23.5 Å². The molecule has 0 aliphatic heterocycles. The zero-order valence-electron chi connectivity index (χ0n) is 12.7. The standard InChI is InChI=1S/C18H13FO5/c1-10(17(20)21)23-14-7-4-12-8-15(18(22)24-16(12)9-14)11-2-5-13(19)6-3-11/h2-10H,1H3,(H,20,21)/t10-/m0/s1. The van der Waals surface area contributed by atoms with E-state index in [1.165, 1.54) is 37.3 Å². The van der Waals surface area contributed by atoms with E-state index in [1.54, 1.807) is 18.2 Å². The van der Waals surface area contributed by atoms with Crippen molar-refractivity contribution in [3.63, 3.8) is 0 Å². The van der Waals surface area contributed by atoms with E-state index in [0.29, 0.717) is 16.5 Å². The van der Waals surface area contributed by atoms with Gasteiger partial charge in [-0.25, -0.2) is 14.0 Å². The van der Waals surface area contributed by atoms with Crippen LogP contribution in [0.25, 0.3) is 22.1 Å². The molecule has 2 aromatic carbocycles. The predicted octanol–water partition coefficient (Wildman–Crippen LogP) is 3.45. The fourth-order valence-corrected chi connectivity index (χ4v) is 2.25. The Morgan fingerprint density at radius 3 is 2.54 bits per heavy atom. The number of halogens is 1. The van der Waals surface area contributed by atoms with E-state index in [9.17, 15) is 14.0 Å². The Kier molecular flexibility index (Phi) is 4.04. The van der Waals surface area contributed by atoms with Crippen molar-refractivity contribution >= 4 is 16.9 Å². The first-order valence-corrected chi connectivity index (χ1v) is 7.17. The zero-order chi connectivity index (χ0) is 17.3. The lowest BCUT2D eigenvalue weighted by Gasteiger charge is -2.10. The summed E-state index contributed by atoms with van der Waals surface area (Å²) in [5, 5.41) is 9.50. The van der Waals surface area contributed by atoms with Crippen molar-refractivity contribution in [2.75, 3.05) is 0 Å². The average molecular weight is 328 g/mol. The molecule has 5 nitrogen and oxygen atoms in total. The number of benzene rings is 2. The summed E-state index contributed by atoms with van der Waals surface area (Å²) >= 11 is 0. The molecule has 6 heteroatoms. The molecule has 1 atom stereocenters. The molecule has 0 aliphatic carbocycles. The highest BCUT2D eigenvalue weighted by Crippen LogP contribution is 2.25. The lowest BCUT2D eigenvalue weighted by atomic mass is 10.1. The van der Waals surface area contributed by atoms with Crippen LogP contribution in [0, 0.1) is 5.82 Å². The number of aliphatic carboxylic acids is 1. The Hall–Kier alpha value is -3.15. The molecule has 0 spiro atoms. The van der Waals surface area contributed by atoms with Crippen molar-refractivity contribution in [3.05, 3.63) is 64.8 Å². The molecule has 24 heavy (non-hydrogen) atoms. The van der Waals surface area contributed by atoms with Gasteiger partial charge in [-0.05, 0) is 42.8 Å². The summed E-state index contributed by atoms with van der Waals surface area (Å²) in [5.74, 6) is -1.20. The van der Waals surface area contributed by atoms with Crippen LogP contribution in [0.4, 0.5) is 4.39 Å². The summed E-state index contributed by atoms with van der Waals surface area (Å²) < 4.78 is 23.5. The third-order valence-electron chi connectivity index (χ3n) is 3.52. The van der Waals surface area contributed by atoms with E-state index in [-0.39, 0.29) is 11.3 Å². The molecule has 0 fully saturated rings.